The van der Waals surface area contributed by atoms with Gasteiger partial charge < -0.3 is 20.3 Å². The fourth-order valence-electron chi connectivity index (χ4n) is 6.94. The molecule has 136 valence electrons. The van der Waals surface area contributed by atoms with Crippen LogP contribution < -0.4 is 5.32 Å². The molecule has 4 heteroatoms. The Kier molecular flexibility index (Phi) is 3.58. The zero-order chi connectivity index (χ0) is 17.2. The van der Waals surface area contributed by atoms with Gasteiger partial charge in [-0.05, 0) is 80.4 Å². The number of phenols is 2. The average molecular weight is 343 g/mol. The maximum atomic E-state index is 10.5. The summed E-state index contributed by atoms with van der Waals surface area (Å²) in [7, 11) is 1.94. The molecule has 4 saturated carbocycles. The first kappa shape index (κ1) is 16.0. The second-order valence-corrected chi connectivity index (χ2v) is 9.16. The Balaban J connectivity index is 1.52. The molecule has 4 aliphatic carbocycles. The van der Waals surface area contributed by atoms with Gasteiger partial charge in [-0.3, -0.25) is 0 Å². The summed E-state index contributed by atoms with van der Waals surface area (Å²) in [6.45, 7) is 0.736. The number of hydrogen-bond acceptors (Lipinski definition) is 4. The van der Waals surface area contributed by atoms with Crippen LogP contribution in [0.4, 0.5) is 0 Å². The Bertz CT molecular complexity index is 651. The highest BCUT2D eigenvalue weighted by molar-refractivity contribution is 5.51. The van der Waals surface area contributed by atoms with Crippen molar-refractivity contribution in [3.05, 3.63) is 23.3 Å². The van der Waals surface area contributed by atoms with Crippen LogP contribution in [0.3, 0.4) is 0 Å². The summed E-state index contributed by atoms with van der Waals surface area (Å²) in [5.41, 5.74) is 2.23. The summed E-state index contributed by atoms with van der Waals surface area (Å²) in [5.74, 6) is 2.72. The number of ether oxygens (including phenoxy) is 1. The van der Waals surface area contributed by atoms with E-state index in [2.05, 4.69) is 5.32 Å². The highest BCUT2D eigenvalue weighted by Crippen LogP contribution is 2.63. The second-order valence-electron chi connectivity index (χ2n) is 9.16. The smallest absolute Gasteiger partial charge is 0.161 e. The lowest BCUT2D eigenvalue weighted by Crippen LogP contribution is -2.54. The largest absolute Gasteiger partial charge is 0.504 e. The summed E-state index contributed by atoms with van der Waals surface area (Å²) in [4.78, 5) is 0. The predicted octanol–water partition coefficient (Wildman–Crippen LogP) is 3.52. The van der Waals surface area contributed by atoms with Crippen molar-refractivity contribution in [3.8, 4) is 11.5 Å². The molecule has 0 radical (unpaired) electrons. The Morgan fingerprint density at radius 2 is 1.72 bits per heavy atom. The van der Waals surface area contributed by atoms with Gasteiger partial charge in [-0.15, -0.1) is 0 Å². The fraction of sp³-hybridized carbons (Fsp3) is 0.714. The van der Waals surface area contributed by atoms with Crippen LogP contribution in [0.5, 0.6) is 11.5 Å². The van der Waals surface area contributed by atoms with E-state index < -0.39 is 0 Å². The highest BCUT2D eigenvalue weighted by atomic mass is 16.5. The number of likely N-dealkylation sites (N-methyl/N-ethyl adjacent to an activating group) is 1. The van der Waals surface area contributed by atoms with Crippen molar-refractivity contribution in [2.24, 2.45) is 23.2 Å². The first-order valence-electron chi connectivity index (χ1n) is 9.92. The molecule has 0 spiro atoms. The molecule has 1 heterocycles. The minimum atomic E-state index is -0.0433. The van der Waals surface area contributed by atoms with Gasteiger partial charge in [0.1, 0.15) is 0 Å². The zero-order valence-corrected chi connectivity index (χ0v) is 15.0. The molecule has 0 saturated heterocycles. The van der Waals surface area contributed by atoms with Gasteiger partial charge in [0, 0.05) is 18.5 Å². The summed E-state index contributed by atoms with van der Waals surface area (Å²) in [5, 5.41) is 23.7. The fourth-order valence-corrected chi connectivity index (χ4v) is 6.94. The van der Waals surface area contributed by atoms with E-state index in [4.69, 9.17) is 4.74 Å². The summed E-state index contributed by atoms with van der Waals surface area (Å²) >= 11 is 0. The predicted molar refractivity (Wildman–Crippen MR) is 95.6 cm³/mol. The third-order valence-electron chi connectivity index (χ3n) is 7.52. The van der Waals surface area contributed by atoms with Gasteiger partial charge in [-0.2, -0.15) is 0 Å². The van der Waals surface area contributed by atoms with E-state index in [1.165, 1.54) is 38.5 Å². The van der Waals surface area contributed by atoms with E-state index >= 15 is 0 Å². The van der Waals surface area contributed by atoms with Gasteiger partial charge in [0.15, 0.2) is 11.5 Å². The second kappa shape index (κ2) is 5.62. The first-order valence-corrected chi connectivity index (χ1v) is 9.92. The molecule has 0 amide bonds. The molecule has 2 atom stereocenters. The minimum Gasteiger partial charge on any atom is -0.504 e. The molecule has 2 unspecified atom stereocenters. The minimum absolute atomic E-state index is 0.00637. The monoisotopic (exact) mass is 343 g/mol. The SMILES string of the molecule is CNCC1OC(C23CC4CC(CC(C4)C2)C3)Cc2c1ccc(O)c2O. The van der Waals surface area contributed by atoms with Crippen LogP contribution in [0.1, 0.15) is 55.8 Å². The van der Waals surface area contributed by atoms with Gasteiger partial charge in [-0.1, -0.05) is 6.07 Å². The number of rotatable bonds is 3. The number of aromatic hydroxyl groups is 2. The van der Waals surface area contributed by atoms with E-state index in [0.717, 1.165) is 41.8 Å². The molecule has 25 heavy (non-hydrogen) atoms. The summed E-state index contributed by atoms with van der Waals surface area (Å²) < 4.78 is 6.68. The Labute approximate surface area is 149 Å². The van der Waals surface area contributed by atoms with Crippen molar-refractivity contribution < 1.29 is 14.9 Å². The number of fused-ring (bicyclic) bond motifs is 1. The number of nitrogens with one attached hydrogen (secondary N) is 1. The lowest BCUT2D eigenvalue weighted by molar-refractivity contribution is -0.166. The van der Waals surface area contributed by atoms with E-state index in [1.807, 2.05) is 13.1 Å². The molecule has 4 fully saturated rings. The Morgan fingerprint density at radius 3 is 2.32 bits per heavy atom. The van der Waals surface area contributed by atoms with Crippen LogP contribution in [0.15, 0.2) is 12.1 Å². The van der Waals surface area contributed by atoms with E-state index in [0.29, 0.717) is 0 Å². The summed E-state index contributed by atoms with van der Waals surface area (Å²) in [6.07, 6.45) is 9.03. The van der Waals surface area contributed by atoms with Crippen LogP contribution >= 0.6 is 0 Å². The van der Waals surface area contributed by atoms with Crippen LogP contribution in [-0.4, -0.2) is 29.9 Å². The van der Waals surface area contributed by atoms with Crippen molar-refractivity contribution in [2.75, 3.05) is 13.6 Å². The quantitative estimate of drug-likeness (QED) is 0.735. The van der Waals surface area contributed by atoms with Crippen molar-refractivity contribution >= 4 is 0 Å². The van der Waals surface area contributed by atoms with E-state index in [1.54, 1.807) is 6.07 Å². The molecule has 1 aromatic carbocycles. The van der Waals surface area contributed by atoms with Gasteiger partial charge in [-0.25, -0.2) is 0 Å². The zero-order valence-electron chi connectivity index (χ0n) is 15.0. The molecule has 1 aliphatic heterocycles. The van der Waals surface area contributed by atoms with Crippen molar-refractivity contribution in [1.82, 2.24) is 5.32 Å². The van der Waals surface area contributed by atoms with Crippen LogP contribution in [-0.2, 0) is 11.2 Å². The molecule has 6 rings (SSSR count). The maximum absolute atomic E-state index is 10.5. The molecule has 1 aromatic rings. The van der Waals surface area contributed by atoms with E-state index in [-0.39, 0.29) is 29.1 Å². The van der Waals surface area contributed by atoms with Gasteiger partial charge >= 0.3 is 0 Å². The van der Waals surface area contributed by atoms with Crippen LogP contribution in [0, 0.1) is 23.2 Å². The number of phenolic OH excluding ortho intramolecular Hbond substituents is 2. The Hall–Kier alpha value is -1.26. The van der Waals surface area contributed by atoms with Gasteiger partial charge in [0.25, 0.3) is 0 Å². The first-order chi connectivity index (χ1) is 12.1. The standard InChI is InChI=1S/C21H29NO3/c1-22-11-18-15-2-3-17(23)20(24)16(15)7-19(25-18)21-8-12-4-13(9-21)6-14(5-12)10-21/h2-3,12-14,18-19,22-24H,4-11H2,1H3. The van der Waals surface area contributed by atoms with Gasteiger partial charge in [0.2, 0.25) is 0 Å². The molecule has 0 aromatic heterocycles. The highest BCUT2D eigenvalue weighted by Gasteiger charge is 2.55. The van der Waals surface area contributed by atoms with Gasteiger partial charge in [0.05, 0.1) is 12.2 Å². The molecular weight excluding hydrogens is 314 g/mol. The third-order valence-corrected chi connectivity index (χ3v) is 7.52. The molecule has 4 nitrogen and oxygen atoms in total. The average Bonchev–Trinajstić information content (AvgIpc) is 2.57. The van der Waals surface area contributed by atoms with Crippen LogP contribution in [0.25, 0.3) is 0 Å². The topological polar surface area (TPSA) is 61.7 Å². The van der Waals surface area contributed by atoms with E-state index in [9.17, 15) is 10.2 Å². The van der Waals surface area contributed by atoms with Crippen molar-refractivity contribution in [2.45, 2.75) is 57.2 Å². The number of hydrogen-bond donors (Lipinski definition) is 3. The normalized spacial score (nSPS) is 41.7. The Morgan fingerprint density at radius 1 is 1.08 bits per heavy atom. The van der Waals surface area contributed by atoms with Crippen molar-refractivity contribution in [1.29, 1.82) is 0 Å². The lowest BCUT2D eigenvalue weighted by atomic mass is 9.47. The molecule has 4 bridgehead atoms. The third kappa shape index (κ3) is 2.41. The number of benzene rings is 1. The summed E-state index contributed by atoms with van der Waals surface area (Å²) in [6, 6.07) is 3.51. The molecule has 3 N–H and O–H groups in total. The molecule has 5 aliphatic rings. The lowest BCUT2D eigenvalue weighted by Gasteiger charge is -2.60. The molecular formula is C21H29NO3. The van der Waals surface area contributed by atoms with Crippen LogP contribution in [0.2, 0.25) is 0 Å². The maximum Gasteiger partial charge on any atom is 0.161 e. The van der Waals surface area contributed by atoms with Crippen molar-refractivity contribution in [3.63, 3.8) is 0 Å².